The van der Waals surface area contributed by atoms with Crippen LogP contribution in [0.25, 0.3) is 11.4 Å². The quantitative estimate of drug-likeness (QED) is 0.429. The van der Waals surface area contributed by atoms with Crippen LogP contribution in [0.1, 0.15) is 23.2 Å². The van der Waals surface area contributed by atoms with E-state index in [0.717, 1.165) is 23.8 Å². The predicted molar refractivity (Wildman–Crippen MR) is 118 cm³/mol. The number of halogens is 3. The Morgan fingerprint density at radius 3 is 2.50 bits per heavy atom. The second-order valence-corrected chi connectivity index (χ2v) is 8.41. The SMILES string of the molecule is O=C(c1cc(F)ccc1F)C1CCN(C(=O)Cn2c(-c3ccc(Cl)cc3)n[nH]c2=S)CC1. The summed E-state index contributed by atoms with van der Waals surface area (Å²) in [6.45, 7) is 0.672. The molecule has 2 heterocycles. The highest BCUT2D eigenvalue weighted by Gasteiger charge is 2.30. The maximum absolute atomic E-state index is 13.9. The number of amides is 1. The third-order valence-corrected chi connectivity index (χ3v) is 6.13. The first kappa shape index (κ1) is 22.3. The Morgan fingerprint density at radius 1 is 1.12 bits per heavy atom. The van der Waals surface area contributed by atoms with Gasteiger partial charge in [0.15, 0.2) is 16.4 Å². The van der Waals surface area contributed by atoms with Gasteiger partial charge in [-0.1, -0.05) is 11.6 Å². The Balaban J connectivity index is 1.42. The smallest absolute Gasteiger partial charge is 0.242 e. The van der Waals surface area contributed by atoms with E-state index in [2.05, 4.69) is 10.2 Å². The molecule has 0 bridgehead atoms. The number of Topliss-reactive ketones (excluding diaryl/α,β-unsaturated/α-hetero) is 1. The molecule has 0 saturated carbocycles. The highest BCUT2D eigenvalue weighted by Crippen LogP contribution is 2.25. The van der Waals surface area contributed by atoms with Gasteiger partial charge in [0.2, 0.25) is 5.91 Å². The fraction of sp³-hybridized carbons (Fsp3) is 0.273. The maximum atomic E-state index is 13.9. The largest absolute Gasteiger partial charge is 0.341 e. The highest BCUT2D eigenvalue weighted by molar-refractivity contribution is 7.71. The summed E-state index contributed by atoms with van der Waals surface area (Å²) in [6.07, 6.45) is 0.753. The van der Waals surface area contributed by atoms with E-state index in [4.69, 9.17) is 23.8 Å². The normalized spacial score (nSPS) is 14.5. The lowest BCUT2D eigenvalue weighted by molar-refractivity contribution is -0.133. The molecule has 0 spiro atoms. The molecule has 2 aromatic carbocycles. The molecule has 32 heavy (non-hydrogen) atoms. The number of aromatic nitrogens is 3. The van der Waals surface area contributed by atoms with Crippen molar-refractivity contribution in [3.05, 3.63) is 69.5 Å². The summed E-state index contributed by atoms with van der Waals surface area (Å²) in [6, 6.07) is 9.89. The first-order valence-corrected chi connectivity index (χ1v) is 10.8. The monoisotopic (exact) mass is 476 g/mol. The summed E-state index contributed by atoms with van der Waals surface area (Å²) in [5.41, 5.74) is 0.517. The molecule has 0 unspecified atom stereocenters. The number of aromatic amines is 1. The predicted octanol–water partition coefficient (Wildman–Crippen LogP) is 4.66. The first-order valence-electron chi connectivity index (χ1n) is 10.0. The molecule has 10 heteroatoms. The number of carbonyl (C=O) groups excluding carboxylic acids is 2. The Bertz CT molecular complexity index is 1220. The molecule has 3 aromatic rings. The Hall–Kier alpha value is -2.91. The van der Waals surface area contributed by atoms with Crippen LogP contribution in [-0.4, -0.2) is 44.4 Å². The fourth-order valence-electron chi connectivity index (χ4n) is 3.82. The van der Waals surface area contributed by atoms with Gasteiger partial charge in [-0.25, -0.2) is 8.78 Å². The summed E-state index contributed by atoms with van der Waals surface area (Å²) < 4.78 is 29.3. The van der Waals surface area contributed by atoms with Crippen molar-refractivity contribution in [3.63, 3.8) is 0 Å². The number of H-pyrrole nitrogens is 1. The molecule has 166 valence electrons. The number of nitrogens with one attached hydrogen (secondary N) is 1. The number of nitrogens with zero attached hydrogens (tertiary/aromatic N) is 3. The van der Waals surface area contributed by atoms with Crippen molar-refractivity contribution < 1.29 is 18.4 Å². The Morgan fingerprint density at radius 2 is 1.81 bits per heavy atom. The molecule has 1 aliphatic rings. The summed E-state index contributed by atoms with van der Waals surface area (Å²) in [5, 5.41) is 7.51. The number of ketones is 1. The van der Waals surface area contributed by atoms with Gasteiger partial charge in [-0.05, 0) is 67.5 Å². The Kier molecular flexibility index (Phi) is 6.48. The van der Waals surface area contributed by atoms with Crippen LogP contribution in [0.5, 0.6) is 0 Å². The molecule has 1 N–H and O–H groups in total. The van der Waals surface area contributed by atoms with E-state index in [1.165, 1.54) is 0 Å². The van der Waals surface area contributed by atoms with E-state index >= 15 is 0 Å². The van der Waals surface area contributed by atoms with Gasteiger partial charge < -0.3 is 4.90 Å². The lowest BCUT2D eigenvalue weighted by Gasteiger charge is -2.31. The van der Waals surface area contributed by atoms with Crippen LogP contribution in [0, 0.1) is 22.3 Å². The molecule has 0 aliphatic carbocycles. The number of carbonyl (C=O) groups is 2. The van der Waals surface area contributed by atoms with Crippen molar-refractivity contribution in [2.75, 3.05) is 13.1 Å². The molecule has 0 atom stereocenters. The van der Waals surface area contributed by atoms with Crippen molar-refractivity contribution in [3.8, 4) is 11.4 Å². The van der Waals surface area contributed by atoms with Crippen LogP contribution in [0.4, 0.5) is 8.78 Å². The topological polar surface area (TPSA) is 71.0 Å². The summed E-state index contributed by atoms with van der Waals surface area (Å²) >= 11 is 11.2. The average Bonchev–Trinajstić information content (AvgIpc) is 3.15. The lowest BCUT2D eigenvalue weighted by atomic mass is 9.88. The number of hydrogen-bond donors (Lipinski definition) is 1. The van der Waals surface area contributed by atoms with Crippen LogP contribution in [0.2, 0.25) is 5.02 Å². The van der Waals surface area contributed by atoms with E-state index in [1.54, 1.807) is 33.7 Å². The fourth-order valence-corrected chi connectivity index (χ4v) is 4.14. The van der Waals surface area contributed by atoms with Crippen molar-refractivity contribution >= 4 is 35.5 Å². The average molecular weight is 477 g/mol. The van der Waals surface area contributed by atoms with Gasteiger partial charge in [0, 0.05) is 29.6 Å². The van der Waals surface area contributed by atoms with E-state index in [1.807, 2.05) is 0 Å². The number of hydrogen-bond acceptors (Lipinski definition) is 4. The number of piperidine rings is 1. The zero-order valence-corrected chi connectivity index (χ0v) is 18.4. The van der Waals surface area contributed by atoms with Crippen molar-refractivity contribution in [2.45, 2.75) is 19.4 Å². The number of benzene rings is 2. The third-order valence-electron chi connectivity index (χ3n) is 5.57. The van der Waals surface area contributed by atoms with Gasteiger partial charge in [-0.15, -0.1) is 0 Å². The van der Waals surface area contributed by atoms with Crippen LogP contribution in [-0.2, 0) is 11.3 Å². The molecule has 1 aromatic heterocycles. The maximum Gasteiger partial charge on any atom is 0.242 e. The van der Waals surface area contributed by atoms with Crippen molar-refractivity contribution in [1.29, 1.82) is 0 Å². The minimum atomic E-state index is -0.737. The molecule has 6 nitrogen and oxygen atoms in total. The van der Waals surface area contributed by atoms with Crippen LogP contribution < -0.4 is 0 Å². The van der Waals surface area contributed by atoms with Crippen LogP contribution >= 0.6 is 23.8 Å². The van der Waals surface area contributed by atoms with Crippen molar-refractivity contribution in [2.24, 2.45) is 5.92 Å². The highest BCUT2D eigenvalue weighted by atomic mass is 35.5. The molecule has 1 aliphatic heterocycles. The molecule has 1 amide bonds. The van der Waals surface area contributed by atoms with E-state index in [0.29, 0.717) is 41.5 Å². The minimum absolute atomic E-state index is 0.00949. The summed E-state index contributed by atoms with van der Waals surface area (Å²) in [7, 11) is 0. The summed E-state index contributed by atoms with van der Waals surface area (Å²) in [5.74, 6) is -1.94. The first-order chi connectivity index (χ1) is 15.3. The summed E-state index contributed by atoms with van der Waals surface area (Å²) in [4.78, 5) is 27.2. The van der Waals surface area contributed by atoms with E-state index in [-0.39, 0.29) is 18.0 Å². The third kappa shape index (κ3) is 4.63. The molecule has 0 radical (unpaired) electrons. The van der Waals surface area contributed by atoms with Gasteiger partial charge in [-0.3, -0.25) is 19.3 Å². The second-order valence-electron chi connectivity index (χ2n) is 7.59. The van der Waals surface area contributed by atoms with Crippen LogP contribution in [0.3, 0.4) is 0 Å². The van der Waals surface area contributed by atoms with Gasteiger partial charge in [-0.2, -0.15) is 5.10 Å². The second kappa shape index (κ2) is 9.30. The number of rotatable bonds is 5. The van der Waals surface area contributed by atoms with Crippen molar-refractivity contribution in [1.82, 2.24) is 19.7 Å². The molecular formula is C22H19ClF2N4O2S. The van der Waals surface area contributed by atoms with Gasteiger partial charge in [0.05, 0.1) is 5.56 Å². The van der Waals surface area contributed by atoms with E-state index in [9.17, 15) is 18.4 Å². The molecule has 1 fully saturated rings. The number of likely N-dealkylation sites (tertiary alicyclic amines) is 1. The van der Waals surface area contributed by atoms with Crippen LogP contribution in [0.15, 0.2) is 42.5 Å². The van der Waals surface area contributed by atoms with E-state index < -0.39 is 23.3 Å². The zero-order chi connectivity index (χ0) is 22.8. The minimum Gasteiger partial charge on any atom is -0.341 e. The molecule has 1 saturated heterocycles. The lowest BCUT2D eigenvalue weighted by Crippen LogP contribution is -2.42. The van der Waals surface area contributed by atoms with Gasteiger partial charge in [0.25, 0.3) is 0 Å². The van der Waals surface area contributed by atoms with Gasteiger partial charge in [0.1, 0.15) is 18.2 Å². The molecule has 4 rings (SSSR count). The van der Waals surface area contributed by atoms with Gasteiger partial charge >= 0.3 is 0 Å². The Labute approximate surface area is 192 Å². The zero-order valence-electron chi connectivity index (χ0n) is 16.9. The standard InChI is InChI=1S/C22H19ClF2N4O2S/c23-15-3-1-14(2-4-15)21-26-27-22(32)29(21)12-19(30)28-9-7-13(8-10-28)20(31)17-11-16(24)5-6-18(17)25/h1-6,11,13H,7-10,12H2,(H,27,32). The molecular weight excluding hydrogens is 458 g/mol.